The Bertz CT molecular complexity index is 11300. The summed E-state index contributed by atoms with van der Waals surface area (Å²) in [5.41, 5.74) is 25.5. The minimum atomic E-state index is 0.592. The van der Waals surface area contributed by atoms with Gasteiger partial charge in [0.25, 0.3) is 0 Å². The molecule has 11 heterocycles. The molecule has 11 aromatic heterocycles. The van der Waals surface area contributed by atoms with E-state index < -0.39 is 0 Å². The third kappa shape index (κ3) is 13.3. The van der Waals surface area contributed by atoms with Gasteiger partial charge in [-0.2, -0.15) is 14.5 Å². The summed E-state index contributed by atoms with van der Waals surface area (Å²) in [6.45, 7) is 0. The van der Waals surface area contributed by atoms with Crippen LogP contribution in [0.4, 0.5) is 0 Å². The second-order valence-electron chi connectivity index (χ2n) is 38.6. The summed E-state index contributed by atoms with van der Waals surface area (Å²) in [6.07, 6.45) is 4.38. The molecule has 0 N–H and O–H groups in total. The van der Waals surface area contributed by atoms with Gasteiger partial charge in [0.1, 0.15) is 0 Å². The van der Waals surface area contributed by atoms with Crippen LogP contribution in [0.15, 0.2) is 504 Å². The van der Waals surface area contributed by atoms with E-state index in [0.29, 0.717) is 17.6 Å². The highest BCUT2D eigenvalue weighted by Crippen LogP contribution is 2.52. The maximum absolute atomic E-state index is 5.27. The predicted molar refractivity (Wildman–Crippen MR) is 630 cm³/mol. The van der Waals surface area contributed by atoms with Crippen molar-refractivity contribution >= 4 is 247 Å². The lowest BCUT2D eigenvalue weighted by Gasteiger charge is -2.12. The molecule has 13 heteroatoms. The molecule has 10 nitrogen and oxygen atoms in total. The maximum Gasteiger partial charge on any atom is 0.238 e. The van der Waals surface area contributed by atoms with Crippen molar-refractivity contribution in [3.8, 4) is 74.0 Å². The fourth-order valence-corrected chi connectivity index (χ4v) is 27.6. The van der Waals surface area contributed by atoms with Crippen LogP contribution in [0.5, 0.6) is 0 Å². The van der Waals surface area contributed by atoms with E-state index in [-0.39, 0.29) is 0 Å². The first-order valence-corrected chi connectivity index (χ1v) is 53.0. The number of hydrogen-bond donors (Lipinski definition) is 0. The molecule has 0 radical (unpaired) electrons. The molecule has 33 rings (SSSR count). The molecule has 0 saturated heterocycles. The second kappa shape index (κ2) is 33.8. The Morgan fingerprint density at radius 1 is 0.181 bits per heavy atom. The topological polar surface area (TPSA) is 72.1 Å². The Morgan fingerprint density at radius 2 is 0.523 bits per heavy atom. The van der Waals surface area contributed by atoms with Gasteiger partial charge in [0.15, 0.2) is 24.0 Å². The molecule has 22 aromatic carbocycles. The number of aromatic nitrogens is 10. The number of para-hydroxylation sites is 6. The molecular weight excluding hydrogens is 1870 g/mol. The van der Waals surface area contributed by atoms with E-state index in [1.165, 1.54) is 213 Å². The SMILES string of the molecule is c1ccc(-c2ccc[n+](-c3ccc4c(c3)c3cc5c6ccc7c(sc8ccc9ccccc9c87)c6n(-c6ccccc6)c5cc3n4-c3ccccc3)c2)cc1.c1ccc(-c2nc(-c3ccccc3)nc(-n3c4cc5c(cc4c4ccc6c7ccccc7sc6c43)c3ccccc3n5-c3ccccc3)n2)cc1.c1ccc(-n2c3cc4c(cc3c3c5ccccc5ccc32)c2ccc3c5ccccc5sc3c2n4-c2ccccc2)cc1. The zero-order valence-corrected chi connectivity index (χ0v) is 82.6. The van der Waals surface area contributed by atoms with Gasteiger partial charge in [-0.25, -0.2) is 4.98 Å². The minimum absolute atomic E-state index is 0.592. The lowest BCUT2D eigenvalue weighted by Crippen LogP contribution is -2.29. The number of fused-ring (bicyclic) bond motifs is 34. The first-order chi connectivity index (χ1) is 73.9. The van der Waals surface area contributed by atoms with Crippen molar-refractivity contribution in [2.45, 2.75) is 0 Å². The highest BCUT2D eigenvalue weighted by Gasteiger charge is 2.30. The third-order valence-corrected chi connectivity index (χ3v) is 34.0. The van der Waals surface area contributed by atoms with Crippen molar-refractivity contribution < 1.29 is 4.57 Å². The van der Waals surface area contributed by atoms with Crippen LogP contribution < -0.4 is 4.57 Å². The summed E-state index contributed by atoms with van der Waals surface area (Å²) in [5.74, 6) is 1.87. The van der Waals surface area contributed by atoms with Gasteiger partial charge in [0.2, 0.25) is 11.6 Å². The normalized spacial score (nSPS) is 12.0. The number of rotatable bonds is 10. The van der Waals surface area contributed by atoms with Crippen LogP contribution in [-0.4, -0.2) is 42.4 Å². The number of pyridine rings is 1. The van der Waals surface area contributed by atoms with Crippen LogP contribution in [0.2, 0.25) is 0 Å². The summed E-state index contributed by atoms with van der Waals surface area (Å²) in [7, 11) is 0. The molecule has 0 atom stereocenters. The van der Waals surface area contributed by atoms with Crippen molar-refractivity contribution in [3.05, 3.63) is 504 Å². The van der Waals surface area contributed by atoms with Gasteiger partial charge in [-0.1, -0.05) is 334 Å². The number of hydrogen-bond acceptors (Lipinski definition) is 6. The van der Waals surface area contributed by atoms with Crippen LogP contribution in [0.1, 0.15) is 0 Å². The zero-order valence-electron chi connectivity index (χ0n) is 80.1. The van der Waals surface area contributed by atoms with Gasteiger partial charge in [0.05, 0.1) is 80.3 Å². The van der Waals surface area contributed by atoms with E-state index >= 15 is 0 Å². The third-order valence-electron chi connectivity index (χ3n) is 30.4. The smallest absolute Gasteiger partial charge is 0.238 e. The van der Waals surface area contributed by atoms with Crippen molar-refractivity contribution in [3.63, 3.8) is 0 Å². The molecule has 0 aliphatic heterocycles. The first kappa shape index (κ1) is 84.5. The van der Waals surface area contributed by atoms with E-state index in [4.69, 9.17) is 15.0 Å². The van der Waals surface area contributed by atoms with E-state index in [1.54, 1.807) is 0 Å². The fraction of sp³-hybridized carbons (Fsp3) is 0. The monoisotopic (exact) mass is 1950 g/mol. The van der Waals surface area contributed by atoms with Gasteiger partial charge in [-0.15, -0.1) is 34.0 Å². The molecule has 33 aromatic rings. The number of thiophene rings is 3. The molecular formula is C136H83N10S3+. The van der Waals surface area contributed by atoms with Crippen LogP contribution in [0.3, 0.4) is 0 Å². The van der Waals surface area contributed by atoms with E-state index in [0.717, 1.165) is 55.8 Å². The molecule has 0 saturated carbocycles. The van der Waals surface area contributed by atoms with E-state index in [1.807, 2.05) is 70.4 Å². The van der Waals surface area contributed by atoms with Crippen molar-refractivity contribution in [1.82, 2.24) is 42.4 Å². The predicted octanol–water partition coefficient (Wildman–Crippen LogP) is 36.5. The second-order valence-corrected chi connectivity index (χ2v) is 41.8. The molecule has 0 aliphatic rings. The van der Waals surface area contributed by atoms with Gasteiger partial charge in [-0.3, -0.25) is 4.57 Å². The lowest BCUT2D eigenvalue weighted by molar-refractivity contribution is -0.595. The molecule has 149 heavy (non-hydrogen) atoms. The molecule has 0 fully saturated rings. The number of nitrogens with zero attached hydrogens (tertiary/aromatic N) is 10. The Labute approximate surface area is 864 Å². The average Bonchev–Trinajstić information content (AvgIpc) is 1.54. The minimum Gasteiger partial charge on any atom is -0.309 e. The van der Waals surface area contributed by atoms with Crippen LogP contribution in [0, 0.1) is 0 Å². The first-order valence-electron chi connectivity index (χ1n) is 50.5. The summed E-state index contributed by atoms with van der Waals surface area (Å²) >= 11 is 5.64. The molecule has 0 bridgehead atoms. The summed E-state index contributed by atoms with van der Waals surface area (Å²) in [5, 5.41) is 27.9. The molecule has 0 spiro atoms. The highest BCUT2D eigenvalue weighted by atomic mass is 32.1. The lowest BCUT2D eigenvalue weighted by atomic mass is 10.0. The standard InChI is InChI=1S/C51H32N3S.C45H27N5S.C40H24N2S/c1-4-13-33(14-5-1)35-16-12-28-52(32-35)38-23-26-45-42(29-38)44-30-43-40-24-25-41-49-39-21-11-10-15-34(39)22-27-48(49)55-51(41)50(40)54(37-19-8-3-9-20-37)47(43)31-46(44)53(45)36-17-6-2-7-18-36;1-4-14-28(15-5-1)43-46-44(29-16-6-2-7-17-29)48-45(47-43)50-39-27-38-35(31-20-10-12-22-37(31)49(38)30-18-8-3-9-19-30)26-36(39)33-24-25-34-32-21-11-13-23-40(32)51-42(34)41(33)50;1-3-12-26(13-4-1)41-34-22-19-25-11-7-8-16-28(25)38(34)33-23-32-30-20-21-31-29-17-9-10-18-37(29)43-40(31)39(30)42(35(32)24-36(33)41)27-14-5-2-6-15-27/h1-32H;1-27H;1-24H/q+1;;. The van der Waals surface area contributed by atoms with Crippen LogP contribution in [0.25, 0.3) is 287 Å². The summed E-state index contributed by atoms with van der Waals surface area (Å²) in [6, 6.07) is 177. The van der Waals surface area contributed by atoms with Gasteiger partial charge in [-0.05, 0) is 167 Å². The molecule has 694 valence electrons. The van der Waals surface area contributed by atoms with Crippen molar-refractivity contribution in [2.75, 3.05) is 0 Å². The molecule has 0 unspecified atom stereocenters. The quantitative estimate of drug-likeness (QED) is 0.128. The Morgan fingerprint density at radius 3 is 1.05 bits per heavy atom. The van der Waals surface area contributed by atoms with E-state index in [2.05, 4.69) is 499 Å². The van der Waals surface area contributed by atoms with Crippen molar-refractivity contribution in [2.24, 2.45) is 0 Å². The largest absolute Gasteiger partial charge is 0.309 e. The van der Waals surface area contributed by atoms with Crippen LogP contribution in [-0.2, 0) is 0 Å². The molecule has 0 amide bonds. The maximum atomic E-state index is 5.27. The Hall–Kier alpha value is -19.0. The van der Waals surface area contributed by atoms with Gasteiger partial charge in [0, 0.05) is 174 Å². The van der Waals surface area contributed by atoms with Crippen molar-refractivity contribution in [1.29, 1.82) is 0 Å². The zero-order chi connectivity index (χ0) is 97.6. The van der Waals surface area contributed by atoms with Gasteiger partial charge >= 0.3 is 0 Å². The molecule has 0 aliphatic carbocycles. The fourth-order valence-electron chi connectivity index (χ4n) is 23.9. The average molecular weight is 1950 g/mol. The summed E-state index contributed by atoms with van der Waals surface area (Å²) < 4.78 is 24.6. The summed E-state index contributed by atoms with van der Waals surface area (Å²) in [4.78, 5) is 15.6. The Kier molecular flexibility index (Phi) is 19.2. The van der Waals surface area contributed by atoms with E-state index in [9.17, 15) is 0 Å². The highest BCUT2D eigenvalue weighted by molar-refractivity contribution is 7.27. The number of benzene rings is 22. The van der Waals surface area contributed by atoms with Crippen LogP contribution >= 0.6 is 34.0 Å². The Balaban J connectivity index is 0.000000102. The van der Waals surface area contributed by atoms with Gasteiger partial charge < -0.3 is 22.8 Å².